The van der Waals surface area contributed by atoms with Gasteiger partial charge in [-0.05, 0) is 75.3 Å². The lowest BCUT2D eigenvalue weighted by atomic mass is 9.92. The van der Waals surface area contributed by atoms with Crippen LogP contribution in [0.15, 0.2) is 211 Å². The van der Waals surface area contributed by atoms with Crippen molar-refractivity contribution in [3.05, 3.63) is 206 Å². The fraction of sp³-hybridized carbons (Fsp3) is 0. The summed E-state index contributed by atoms with van der Waals surface area (Å²) in [5.74, 6) is 0.684. The van der Waals surface area contributed by atoms with Crippen LogP contribution in [0, 0.1) is 0 Å². The standard InChI is InChI=1S/C52H34N2O/c1-4-14-35(15-5-1)36-26-28-37(29-27-36)40-20-12-21-41(30-40)42-31-43(45-23-13-24-47-46-22-10-11-25-50(46)55-51(45)47)33-44(32-42)49-34-48(38-16-6-2-7-17-38)53-52(54-49)39-18-8-3-9-19-39/h1-34H. The Morgan fingerprint density at radius 3 is 1.49 bits per heavy atom. The molecule has 10 aromatic rings. The lowest BCUT2D eigenvalue weighted by molar-refractivity contribution is 0.670. The van der Waals surface area contributed by atoms with Crippen molar-refractivity contribution in [1.29, 1.82) is 0 Å². The van der Waals surface area contributed by atoms with Crippen LogP contribution in [0.4, 0.5) is 0 Å². The van der Waals surface area contributed by atoms with Crippen molar-refractivity contribution in [2.45, 2.75) is 0 Å². The summed E-state index contributed by atoms with van der Waals surface area (Å²) in [4.78, 5) is 10.3. The predicted octanol–water partition coefficient (Wildman–Crippen LogP) is 14.0. The van der Waals surface area contributed by atoms with Crippen LogP contribution < -0.4 is 0 Å². The van der Waals surface area contributed by atoms with E-state index in [9.17, 15) is 0 Å². The minimum absolute atomic E-state index is 0.684. The van der Waals surface area contributed by atoms with Gasteiger partial charge < -0.3 is 4.42 Å². The summed E-state index contributed by atoms with van der Waals surface area (Å²) in [6.45, 7) is 0. The van der Waals surface area contributed by atoms with Gasteiger partial charge in [0.05, 0.1) is 11.4 Å². The average Bonchev–Trinajstić information content (AvgIpc) is 3.66. The molecule has 10 rings (SSSR count). The van der Waals surface area contributed by atoms with Crippen LogP contribution in [0.5, 0.6) is 0 Å². The van der Waals surface area contributed by atoms with Gasteiger partial charge in [-0.2, -0.15) is 0 Å². The van der Waals surface area contributed by atoms with E-state index in [1.165, 1.54) is 16.7 Å². The van der Waals surface area contributed by atoms with Gasteiger partial charge in [0.25, 0.3) is 0 Å². The number of fused-ring (bicyclic) bond motifs is 3. The predicted molar refractivity (Wildman–Crippen MR) is 227 cm³/mol. The molecule has 0 aliphatic rings. The molecule has 3 nitrogen and oxygen atoms in total. The van der Waals surface area contributed by atoms with Crippen LogP contribution in [0.1, 0.15) is 0 Å². The third kappa shape index (κ3) is 6.28. The first-order valence-electron chi connectivity index (χ1n) is 18.6. The van der Waals surface area contributed by atoms with Crippen LogP contribution in [0.3, 0.4) is 0 Å². The summed E-state index contributed by atoms with van der Waals surface area (Å²) in [6.07, 6.45) is 0. The maximum atomic E-state index is 6.58. The lowest BCUT2D eigenvalue weighted by Gasteiger charge is -2.14. The molecule has 0 amide bonds. The van der Waals surface area contributed by atoms with Crippen molar-refractivity contribution in [3.8, 4) is 78.4 Å². The number of rotatable bonds is 7. The molecule has 0 unspecified atom stereocenters. The SMILES string of the molecule is c1ccc(-c2ccc(-c3cccc(-c4cc(-c5cc(-c6ccccc6)nc(-c6ccccc6)n5)cc(-c5cccc6c5oc5ccccc56)c4)c3)cc2)cc1. The van der Waals surface area contributed by atoms with Crippen molar-refractivity contribution in [3.63, 3.8) is 0 Å². The van der Waals surface area contributed by atoms with E-state index in [0.29, 0.717) is 5.82 Å². The monoisotopic (exact) mass is 702 g/mol. The Kier molecular flexibility index (Phi) is 8.16. The second-order valence-electron chi connectivity index (χ2n) is 13.8. The normalized spacial score (nSPS) is 11.3. The Morgan fingerprint density at radius 1 is 0.291 bits per heavy atom. The molecule has 0 saturated carbocycles. The van der Waals surface area contributed by atoms with E-state index in [-0.39, 0.29) is 0 Å². The fourth-order valence-electron chi connectivity index (χ4n) is 7.50. The molecule has 0 atom stereocenters. The van der Waals surface area contributed by atoms with Crippen LogP contribution >= 0.6 is 0 Å². The van der Waals surface area contributed by atoms with Crippen LogP contribution in [-0.2, 0) is 0 Å². The van der Waals surface area contributed by atoms with Gasteiger partial charge in [-0.1, -0.05) is 170 Å². The van der Waals surface area contributed by atoms with Gasteiger partial charge in [0.15, 0.2) is 5.82 Å². The molecule has 0 spiro atoms. The number of hydrogen-bond donors (Lipinski definition) is 0. The minimum Gasteiger partial charge on any atom is -0.455 e. The van der Waals surface area contributed by atoms with E-state index < -0.39 is 0 Å². The Bertz CT molecular complexity index is 2890. The van der Waals surface area contributed by atoms with Crippen molar-refractivity contribution in [1.82, 2.24) is 9.97 Å². The summed E-state index contributed by atoms with van der Waals surface area (Å²) in [5.41, 5.74) is 15.5. The summed E-state index contributed by atoms with van der Waals surface area (Å²) in [5, 5.41) is 2.21. The number of para-hydroxylation sites is 2. The highest BCUT2D eigenvalue weighted by molar-refractivity contribution is 6.09. The maximum absolute atomic E-state index is 6.58. The molecule has 2 aromatic heterocycles. The molecule has 0 bridgehead atoms. The number of benzene rings is 8. The Balaban J connectivity index is 1.16. The Hall–Kier alpha value is -7.36. The molecule has 258 valence electrons. The topological polar surface area (TPSA) is 38.9 Å². The Morgan fingerprint density at radius 2 is 0.764 bits per heavy atom. The summed E-state index contributed by atoms with van der Waals surface area (Å²) >= 11 is 0. The highest BCUT2D eigenvalue weighted by atomic mass is 16.3. The zero-order valence-electron chi connectivity index (χ0n) is 29.9. The minimum atomic E-state index is 0.684. The molecule has 0 saturated heterocycles. The second kappa shape index (κ2) is 13.9. The third-order valence-electron chi connectivity index (χ3n) is 10.3. The van der Waals surface area contributed by atoms with Crippen LogP contribution in [0.25, 0.3) is 100 Å². The van der Waals surface area contributed by atoms with Gasteiger partial charge in [-0.15, -0.1) is 0 Å². The van der Waals surface area contributed by atoms with Gasteiger partial charge in [-0.25, -0.2) is 9.97 Å². The van der Waals surface area contributed by atoms with Crippen molar-refractivity contribution in [2.24, 2.45) is 0 Å². The van der Waals surface area contributed by atoms with Gasteiger partial charge >= 0.3 is 0 Å². The molecular weight excluding hydrogens is 669 g/mol. The molecule has 3 heteroatoms. The molecule has 55 heavy (non-hydrogen) atoms. The fourth-order valence-corrected chi connectivity index (χ4v) is 7.50. The maximum Gasteiger partial charge on any atom is 0.160 e. The van der Waals surface area contributed by atoms with Gasteiger partial charge in [-0.3, -0.25) is 0 Å². The van der Waals surface area contributed by atoms with E-state index >= 15 is 0 Å². The van der Waals surface area contributed by atoms with Gasteiger partial charge in [0.2, 0.25) is 0 Å². The van der Waals surface area contributed by atoms with Crippen LogP contribution in [-0.4, -0.2) is 9.97 Å². The zero-order valence-corrected chi connectivity index (χ0v) is 29.9. The molecule has 0 fully saturated rings. The van der Waals surface area contributed by atoms with Crippen molar-refractivity contribution in [2.75, 3.05) is 0 Å². The smallest absolute Gasteiger partial charge is 0.160 e. The van der Waals surface area contributed by atoms with E-state index in [1.807, 2.05) is 48.5 Å². The van der Waals surface area contributed by atoms with Gasteiger partial charge in [0, 0.05) is 33.0 Å². The Labute approximate surface area is 319 Å². The van der Waals surface area contributed by atoms with Gasteiger partial charge in [0.1, 0.15) is 11.2 Å². The first kappa shape index (κ1) is 32.3. The van der Waals surface area contributed by atoms with E-state index in [4.69, 9.17) is 14.4 Å². The van der Waals surface area contributed by atoms with E-state index in [1.54, 1.807) is 0 Å². The van der Waals surface area contributed by atoms with E-state index in [0.717, 1.165) is 77.8 Å². The highest BCUT2D eigenvalue weighted by Gasteiger charge is 2.17. The number of furan rings is 1. The quantitative estimate of drug-likeness (QED) is 0.166. The average molecular weight is 703 g/mol. The van der Waals surface area contributed by atoms with E-state index in [2.05, 4.69) is 158 Å². The number of hydrogen-bond acceptors (Lipinski definition) is 3. The summed E-state index contributed by atoms with van der Waals surface area (Å²) in [7, 11) is 0. The lowest BCUT2D eigenvalue weighted by Crippen LogP contribution is -1.96. The summed E-state index contributed by atoms with van der Waals surface area (Å²) in [6, 6.07) is 72.2. The molecule has 0 aliphatic carbocycles. The first-order valence-corrected chi connectivity index (χ1v) is 18.6. The highest BCUT2D eigenvalue weighted by Crippen LogP contribution is 2.40. The third-order valence-corrected chi connectivity index (χ3v) is 10.3. The van der Waals surface area contributed by atoms with Crippen LogP contribution in [0.2, 0.25) is 0 Å². The number of nitrogens with zero attached hydrogens (tertiary/aromatic N) is 2. The van der Waals surface area contributed by atoms with Crippen molar-refractivity contribution >= 4 is 21.9 Å². The molecule has 0 N–H and O–H groups in total. The molecular formula is C52H34N2O. The largest absolute Gasteiger partial charge is 0.455 e. The second-order valence-corrected chi connectivity index (χ2v) is 13.8. The zero-order chi connectivity index (χ0) is 36.6. The molecule has 8 aromatic carbocycles. The molecule has 0 radical (unpaired) electrons. The molecule has 2 heterocycles. The van der Waals surface area contributed by atoms with Crippen molar-refractivity contribution < 1.29 is 4.42 Å². The number of aromatic nitrogens is 2. The first-order chi connectivity index (χ1) is 27.2. The summed E-state index contributed by atoms with van der Waals surface area (Å²) < 4.78 is 6.58. The molecule has 0 aliphatic heterocycles.